The summed E-state index contributed by atoms with van der Waals surface area (Å²) < 4.78 is 30.2. The van der Waals surface area contributed by atoms with Crippen molar-refractivity contribution in [1.82, 2.24) is 10.3 Å². The minimum atomic E-state index is -3.66. The van der Waals surface area contributed by atoms with E-state index in [-0.39, 0.29) is 11.1 Å². The number of nitrogens with zero attached hydrogens (tertiary/aromatic N) is 3. The first-order valence-corrected chi connectivity index (χ1v) is 12.8. The summed E-state index contributed by atoms with van der Waals surface area (Å²) >= 11 is 0. The van der Waals surface area contributed by atoms with Gasteiger partial charge in [0.1, 0.15) is 11.6 Å². The van der Waals surface area contributed by atoms with Crippen LogP contribution in [-0.2, 0) is 9.84 Å². The fourth-order valence-electron chi connectivity index (χ4n) is 5.99. The van der Waals surface area contributed by atoms with E-state index >= 15 is 0 Å². The van der Waals surface area contributed by atoms with Gasteiger partial charge in [-0.25, -0.2) is 13.4 Å². The van der Waals surface area contributed by atoms with Crippen molar-refractivity contribution >= 4 is 15.7 Å². The van der Waals surface area contributed by atoms with Crippen LogP contribution in [0.1, 0.15) is 37.7 Å². The van der Waals surface area contributed by atoms with Crippen molar-refractivity contribution in [2.24, 2.45) is 22.7 Å². The molecule has 4 bridgehead atoms. The molecule has 4 fully saturated rings. The largest absolute Gasteiger partial charge is 0.477 e. The van der Waals surface area contributed by atoms with E-state index in [9.17, 15) is 18.8 Å². The summed E-state index contributed by atoms with van der Waals surface area (Å²) in [6.07, 6.45) is 8.06. The number of ether oxygens (including phenoxy) is 1. The molecule has 4 aliphatic rings. The molecule has 33 heavy (non-hydrogen) atoms. The van der Waals surface area contributed by atoms with Gasteiger partial charge in [0, 0.05) is 11.8 Å². The number of benzene rings is 1. The number of amidine groups is 1. The number of aromatic nitrogens is 1. The quantitative estimate of drug-likeness (QED) is 0.290. The number of hydrogen-bond donors (Lipinski definition) is 2. The van der Waals surface area contributed by atoms with Crippen molar-refractivity contribution < 1.29 is 18.3 Å². The molecule has 2 unspecified atom stereocenters. The van der Waals surface area contributed by atoms with E-state index in [1.165, 1.54) is 12.3 Å². The second kappa shape index (κ2) is 8.43. The molecule has 0 aliphatic heterocycles. The first kappa shape index (κ1) is 21.9. The molecule has 172 valence electrons. The van der Waals surface area contributed by atoms with Crippen LogP contribution in [0, 0.1) is 29.2 Å². The summed E-state index contributed by atoms with van der Waals surface area (Å²) in [6.45, 7) is 0. The summed E-state index contributed by atoms with van der Waals surface area (Å²) in [6, 6.07) is 11.6. The van der Waals surface area contributed by atoms with Gasteiger partial charge in [-0.05, 0) is 86.3 Å². The first-order chi connectivity index (χ1) is 15.9. The number of aliphatic hydroxyl groups is 1. The summed E-state index contributed by atoms with van der Waals surface area (Å²) in [5.74, 6) is 1.65. The predicted molar refractivity (Wildman–Crippen MR) is 121 cm³/mol. The first-order valence-electron chi connectivity index (χ1n) is 11.2. The Morgan fingerprint density at radius 3 is 2.52 bits per heavy atom. The lowest BCUT2D eigenvalue weighted by Gasteiger charge is -2.57. The molecular formula is C24H26N4O4S. The van der Waals surface area contributed by atoms with Gasteiger partial charge in [-0.1, -0.05) is 6.07 Å². The third-order valence-electron chi connectivity index (χ3n) is 7.11. The molecular weight excluding hydrogens is 440 g/mol. The summed E-state index contributed by atoms with van der Waals surface area (Å²) in [5.41, 5.74) is 0.198. The number of pyridine rings is 1. The highest BCUT2D eigenvalue weighted by atomic mass is 32.2. The van der Waals surface area contributed by atoms with Crippen molar-refractivity contribution in [1.29, 1.82) is 5.26 Å². The molecule has 8 nitrogen and oxygen atoms in total. The average Bonchev–Trinajstić information content (AvgIpc) is 2.79. The van der Waals surface area contributed by atoms with Crippen LogP contribution >= 0.6 is 0 Å². The lowest BCUT2D eigenvalue weighted by Crippen LogP contribution is -2.56. The number of nitrogens with one attached hydrogen (secondary N) is 1. The third kappa shape index (κ3) is 4.45. The van der Waals surface area contributed by atoms with E-state index in [0.717, 1.165) is 37.7 Å². The molecule has 4 saturated carbocycles. The lowest BCUT2D eigenvalue weighted by atomic mass is 9.52. The van der Waals surface area contributed by atoms with Crippen molar-refractivity contribution in [2.75, 3.05) is 5.94 Å². The minimum Gasteiger partial charge on any atom is -0.477 e. The van der Waals surface area contributed by atoms with Gasteiger partial charge in [-0.2, -0.15) is 5.26 Å². The van der Waals surface area contributed by atoms with Crippen LogP contribution in [0.25, 0.3) is 0 Å². The SMILES string of the molecule is N#CNC(=NC1C2CC3CC1CC(O)(C3)C2)c1ccc(OCS(=O)(=O)c2ccccn2)cc1. The number of aliphatic imine (C=N–C) groups is 1. The Morgan fingerprint density at radius 1 is 1.18 bits per heavy atom. The van der Waals surface area contributed by atoms with E-state index in [1.54, 1.807) is 36.4 Å². The zero-order chi connectivity index (χ0) is 23.1. The van der Waals surface area contributed by atoms with E-state index in [0.29, 0.717) is 29.3 Å². The van der Waals surface area contributed by atoms with Gasteiger partial charge in [0.25, 0.3) is 0 Å². The fourth-order valence-corrected chi connectivity index (χ4v) is 6.91. The second-order valence-electron chi connectivity index (χ2n) is 9.47. The Kier molecular flexibility index (Phi) is 5.59. The molecule has 2 aromatic rings. The fraction of sp³-hybridized carbons (Fsp3) is 0.458. The molecule has 6 rings (SSSR count). The molecule has 4 aliphatic carbocycles. The monoisotopic (exact) mass is 466 g/mol. The maximum Gasteiger partial charge on any atom is 0.230 e. The second-order valence-corrected chi connectivity index (χ2v) is 11.4. The summed E-state index contributed by atoms with van der Waals surface area (Å²) in [5, 5.41) is 22.8. The van der Waals surface area contributed by atoms with Gasteiger partial charge in [0.2, 0.25) is 9.84 Å². The summed E-state index contributed by atoms with van der Waals surface area (Å²) in [4.78, 5) is 8.82. The zero-order valence-corrected chi connectivity index (χ0v) is 18.9. The van der Waals surface area contributed by atoms with Crippen LogP contribution < -0.4 is 10.1 Å². The zero-order valence-electron chi connectivity index (χ0n) is 18.1. The molecule has 9 heteroatoms. The standard InChI is InChI=1S/C24H26N4O4S/c25-14-27-23(28-22-18-9-16-10-19(22)13-24(29,11-16)12-18)17-4-6-20(7-5-17)32-15-33(30,31)21-3-1-2-8-26-21/h1-8,16,18-19,22,29H,9-13,15H2,(H,27,28). The van der Waals surface area contributed by atoms with E-state index < -0.39 is 21.4 Å². The molecule has 1 aromatic heterocycles. The Balaban J connectivity index is 1.30. The number of rotatable bonds is 6. The van der Waals surface area contributed by atoms with Crippen LogP contribution in [0.5, 0.6) is 5.75 Å². The average molecular weight is 467 g/mol. The van der Waals surface area contributed by atoms with Crippen LogP contribution in [-0.4, -0.2) is 41.9 Å². The van der Waals surface area contributed by atoms with E-state index in [1.807, 2.05) is 6.19 Å². The van der Waals surface area contributed by atoms with Crippen LogP contribution in [0.3, 0.4) is 0 Å². The Labute approximate surface area is 193 Å². The molecule has 0 amide bonds. The van der Waals surface area contributed by atoms with Crippen molar-refractivity contribution in [2.45, 2.75) is 48.8 Å². The predicted octanol–water partition coefficient (Wildman–Crippen LogP) is 2.65. The minimum absolute atomic E-state index is 0.0328. The van der Waals surface area contributed by atoms with Crippen molar-refractivity contribution in [3.63, 3.8) is 0 Å². The van der Waals surface area contributed by atoms with Crippen LogP contribution in [0.15, 0.2) is 58.7 Å². The normalized spacial score (nSPS) is 30.6. The Hall–Kier alpha value is -2.96. The van der Waals surface area contributed by atoms with E-state index in [4.69, 9.17) is 9.73 Å². The number of sulfone groups is 1. The van der Waals surface area contributed by atoms with E-state index in [2.05, 4.69) is 10.3 Å². The smallest absolute Gasteiger partial charge is 0.230 e. The van der Waals surface area contributed by atoms with Crippen molar-refractivity contribution in [3.05, 3.63) is 54.2 Å². The molecule has 1 aromatic carbocycles. The van der Waals surface area contributed by atoms with Gasteiger partial charge in [-0.3, -0.25) is 10.3 Å². The Morgan fingerprint density at radius 2 is 1.91 bits per heavy atom. The van der Waals surface area contributed by atoms with Crippen LogP contribution in [0.2, 0.25) is 0 Å². The van der Waals surface area contributed by atoms with Gasteiger partial charge in [0.15, 0.2) is 17.2 Å². The number of hydrogen-bond acceptors (Lipinski definition) is 7. The lowest BCUT2D eigenvalue weighted by molar-refractivity contribution is -0.132. The summed E-state index contributed by atoms with van der Waals surface area (Å²) in [7, 11) is -3.66. The van der Waals surface area contributed by atoms with Gasteiger partial charge < -0.3 is 9.84 Å². The van der Waals surface area contributed by atoms with Gasteiger partial charge in [0.05, 0.1) is 11.6 Å². The van der Waals surface area contributed by atoms with Crippen LogP contribution in [0.4, 0.5) is 0 Å². The molecule has 0 spiro atoms. The number of nitriles is 1. The highest BCUT2D eigenvalue weighted by Gasteiger charge is 2.54. The highest BCUT2D eigenvalue weighted by molar-refractivity contribution is 7.91. The topological polar surface area (TPSA) is 125 Å². The van der Waals surface area contributed by atoms with Gasteiger partial charge in [-0.15, -0.1) is 0 Å². The molecule has 1 heterocycles. The maximum absolute atomic E-state index is 12.4. The molecule has 2 N–H and O–H groups in total. The molecule has 0 radical (unpaired) electrons. The Bertz CT molecular complexity index is 1180. The van der Waals surface area contributed by atoms with Crippen molar-refractivity contribution in [3.8, 4) is 11.9 Å². The highest BCUT2D eigenvalue weighted by Crippen LogP contribution is 2.56. The maximum atomic E-state index is 12.4. The van der Waals surface area contributed by atoms with Gasteiger partial charge >= 0.3 is 0 Å². The molecule has 2 atom stereocenters. The third-order valence-corrected chi connectivity index (χ3v) is 8.42. The molecule has 0 saturated heterocycles.